The van der Waals surface area contributed by atoms with Gasteiger partial charge in [0.05, 0.1) is 6.61 Å². The molecule has 0 aliphatic carbocycles. The van der Waals surface area contributed by atoms with Gasteiger partial charge in [0.25, 0.3) is 11.2 Å². The molecule has 0 unspecified atom stereocenters. The molecule has 0 bridgehead atoms. The summed E-state index contributed by atoms with van der Waals surface area (Å²) in [6.45, 7) is 4.66. The first-order chi connectivity index (χ1) is 12.5. The number of hydrogen-bond acceptors (Lipinski definition) is 6. The fourth-order valence-electron chi connectivity index (χ4n) is 2.85. The van der Waals surface area contributed by atoms with E-state index >= 15 is 0 Å². The first-order valence-corrected chi connectivity index (χ1v) is 9.19. The van der Waals surface area contributed by atoms with E-state index in [1.54, 1.807) is 29.1 Å². The van der Waals surface area contributed by atoms with Crippen molar-refractivity contribution in [3.8, 4) is 6.01 Å². The van der Waals surface area contributed by atoms with Gasteiger partial charge in [0.1, 0.15) is 11.6 Å². The summed E-state index contributed by atoms with van der Waals surface area (Å²) in [6, 6.07) is 0.405. The maximum absolute atomic E-state index is 13.0. The number of aromatic nitrogens is 5. The Hall–Kier alpha value is -2.46. The van der Waals surface area contributed by atoms with Gasteiger partial charge in [-0.15, -0.1) is 11.3 Å². The average molecular weight is 380 g/mol. The molecule has 0 aliphatic heterocycles. The zero-order chi connectivity index (χ0) is 18.8. The topological polar surface area (TPSA) is 106 Å². The molecule has 0 aliphatic rings. The maximum Gasteiger partial charge on any atom is 0.456 e. The molecule has 2 N–H and O–H groups in total. The van der Waals surface area contributed by atoms with Gasteiger partial charge in [-0.1, -0.05) is 0 Å². The van der Waals surface area contributed by atoms with Crippen LogP contribution in [-0.2, 0) is 20.1 Å². The van der Waals surface area contributed by atoms with Crippen LogP contribution in [0.5, 0.6) is 6.01 Å². The zero-order valence-corrected chi connectivity index (χ0v) is 15.8. The molecule has 3 aromatic heterocycles. The predicted octanol–water partition coefficient (Wildman–Crippen LogP) is -0.0899. The summed E-state index contributed by atoms with van der Waals surface area (Å²) in [7, 11) is 1.60. The Kier molecular flexibility index (Phi) is 5.23. The number of aryl methyl sites for hydroxylation is 2. The number of thiazole rings is 1. The highest BCUT2D eigenvalue weighted by molar-refractivity contribution is 7.11. The fourth-order valence-corrected chi connectivity index (χ4v) is 3.62. The van der Waals surface area contributed by atoms with Gasteiger partial charge in [-0.25, -0.2) is 9.78 Å². The molecule has 9 nitrogen and oxygen atoms in total. The molecule has 3 heterocycles. The number of aliphatic hydroxyl groups excluding tert-OH is 1. The predicted molar refractivity (Wildman–Crippen MR) is 96.8 cm³/mol. The van der Waals surface area contributed by atoms with Crippen LogP contribution < -0.4 is 20.6 Å². The SMILES string of the molecule is CCOc1[nH]c2c(c(=O)n(CCCO)c(=O)n2C)[n+]1Cc1ncc(C)s1. The molecule has 0 aromatic carbocycles. The number of ether oxygens (including phenoxy) is 1. The largest absolute Gasteiger partial charge is 0.456 e. The van der Waals surface area contributed by atoms with Gasteiger partial charge < -0.3 is 9.84 Å². The summed E-state index contributed by atoms with van der Waals surface area (Å²) in [5.74, 6) is 0. The summed E-state index contributed by atoms with van der Waals surface area (Å²) in [5.41, 5.74) is -0.0946. The number of rotatable bonds is 7. The molecule has 0 amide bonds. The molecule has 3 rings (SSSR count). The van der Waals surface area contributed by atoms with Crippen molar-refractivity contribution in [2.75, 3.05) is 13.2 Å². The fraction of sp³-hybridized carbons (Fsp3) is 0.500. The Bertz CT molecular complexity index is 1050. The van der Waals surface area contributed by atoms with Crippen molar-refractivity contribution in [1.29, 1.82) is 0 Å². The lowest BCUT2D eigenvalue weighted by Gasteiger charge is -2.05. The summed E-state index contributed by atoms with van der Waals surface area (Å²) < 4.78 is 9.90. The lowest BCUT2D eigenvalue weighted by molar-refractivity contribution is -0.668. The van der Waals surface area contributed by atoms with E-state index in [2.05, 4.69) is 9.97 Å². The standard InChI is InChI=1S/C16H21N5O4S/c1-4-25-15-18-13-12(21(15)9-11-17-8-10(2)26-11)14(23)20(6-5-7-22)16(24)19(13)3/h8,22H,4-7,9H2,1-3H3/p+1. The monoisotopic (exact) mass is 380 g/mol. The Labute approximate surface area is 153 Å². The van der Waals surface area contributed by atoms with Gasteiger partial charge in [0.2, 0.25) is 0 Å². The molecule has 0 saturated heterocycles. The summed E-state index contributed by atoms with van der Waals surface area (Å²) in [6.07, 6.45) is 2.11. The molecule has 140 valence electrons. The van der Waals surface area contributed by atoms with E-state index in [4.69, 9.17) is 9.84 Å². The molecular weight excluding hydrogens is 358 g/mol. The van der Waals surface area contributed by atoms with Crippen LogP contribution in [0, 0.1) is 6.92 Å². The third kappa shape index (κ3) is 3.17. The van der Waals surface area contributed by atoms with E-state index in [1.807, 2.05) is 13.8 Å². The number of aliphatic hydroxyl groups is 1. The molecule has 26 heavy (non-hydrogen) atoms. The average Bonchev–Trinajstić information content (AvgIpc) is 3.18. The summed E-state index contributed by atoms with van der Waals surface area (Å²) in [4.78, 5) is 34.0. The van der Waals surface area contributed by atoms with Gasteiger partial charge in [0.15, 0.2) is 0 Å². The van der Waals surface area contributed by atoms with Gasteiger partial charge in [0, 0.05) is 31.3 Å². The molecule has 0 radical (unpaired) electrons. The molecular formula is C16H22N5O4S+. The minimum absolute atomic E-state index is 0.0939. The summed E-state index contributed by atoms with van der Waals surface area (Å²) >= 11 is 1.54. The van der Waals surface area contributed by atoms with Gasteiger partial charge in [-0.05, 0) is 20.3 Å². The van der Waals surface area contributed by atoms with Crippen molar-refractivity contribution in [3.05, 3.63) is 36.9 Å². The number of nitrogens with one attached hydrogen (secondary N) is 1. The van der Waals surface area contributed by atoms with Crippen LogP contribution in [0.2, 0.25) is 0 Å². The first-order valence-electron chi connectivity index (χ1n) is 8.38. The Morgan fingerprint density at radius 1 is 1.42 bits per heavy atom. The van der Waals surface area contributed by atoms with Crippen molar-refractivity contribution in [2.45, 2.75) is 33.4 Å². The first kappa shape index (κ1) is 18.3. The van der Waals surface area contributed by atoms with E-state index in [9.17, 15) is 9.59 Å². The molecule has 0 saturated carbocycles. The number of nitrogens with zero attached hydrogens (tertiary/aromatic N) is 4. The van der Waals surface area contributed by atoms with Gasteiger partial charge in [-0.2, -0.15) is 9.55 Å². The van der Waals surface area contributed by atoms with E-state index in [1.165, 1.54) is 4.57 Å². The van der Waals surface area contributed by atoms with Crippen molar-refractivity contribution >= 4 is 22.5 Å². The van der Waals surface area contributed by atoms with Crippen LogP contribution in [0.3, 0.4) is 0 Å². The van der Waals surface area contributed by atoms with E-state index < -0.39 is 11.2 Å². The van der Waals surface area contributed by atoms with E-state index in [-0.39, 0.29) is 13.2 Å². The normalized spacial score (nSPS) is 11.4. The third-order valence-electron chi connectivity index (χ3n) is 4.05. The Morgan fingerprint density at radius 2 is 2.19 bits per heavy atom. The van der Waals surface area contributed by atoms with Crippen LogP contribution in [0.4, 0.5) is 0 Å². The minimum Gasteiger partial charge on any atom is -0.431 e. The second kappa shape index (κ2) is 7.42. The lowest BCUT2D eigenvalue weighted by atomic mass is 10.4. The van der Waals surface area contributed by atoms with Gasteiger partial charge in [-0.3, -0.25) is 13.9 Å². The van der Waals surface area contributed by atoms with E-state index in [0.717, 1.165) is 14.5 Å². The second-order valence-corrected chi connectivity index (χ2v) is 7.21. The highest BCUT2D eigenvalue weighted by Gasteiger charge is 2.28. The quantitative estimate of drug-likeness (QED) is 0.557. The van der Waals surface area contributed by atoms with Crippen LogP contribution in [0.25, 0.3) is 11.2 Å². The third-order valence-corrected chi connectivity index (χ3v) is 4.95. The lowest BCUT2D eigenvalue weighted by Crippen LogP contribution is -2.45. The maximum atomic E-state index is 13.0. The molecule has 0 atom stereocenters. The summed E-state index contributed by atoms with van der Waals surface area (Å²) in [5, 5.41) is 9.89. The van der Waals surface area contributed by atoms with Crippen LogP contribution in [0.1, 0.15) is 23.2 Å². The van der Waals surface area contributed by atoms with E-state index in [0.29, 0.717) is 36.7 Å². The van der Waals surface area contributed by atoms with Crippen LogP contribution in [0.15, 0.2) is 15.8 Å². The second-order valence-electron chi connectivity index (χ2n) is 5.89. The zero-order valence-electron chi connectivity index (χ0n) is 15.0. The number of hydrogen-bond donors (Lipinski definition) is 2. The molecule has 0 spiro atoms. The highest BCUT2D eigenvalue weighted by atomic mass is 32.1. The van der Waals surface area contributed by atoms with Gasteiger partial charge >= 0.3 is 17.3 Å². The van der Waals surface area contributed by atoms with Crippen molar-refractivity contribution in [2.24, 2.45) is 7.05 Å². The minimum atomic E-state index is -0.433. The smallest absolute Gasteiger partial charge is 0.431 e. The molecule has 0 fully saturated rings. The van der Waals surface area contributed by atoms with Crippen LogP contribution >= 0.6 is 11.3 Å². The number of H-pyrrole nitrogens is 1. The Morgan fingerprint density at radius 3 is 2.81 bits per heavy atom. The van der Waals surface area contributed by atoms with Crippen molar-refractivity contribution in [1.82, 2.24) is 19.1 Å². The molecule has 3 aromatic rings. The Balaban J connectivity index is 2.26. The van der Waals surface area contributed by atoms with Crippen LogP contribution in [-0.4, -0.2) is 37.4 Å². The number of aromatic amines is 1. The van der Waals surface area contributed by atoms with Crippen molar-refractivity contribution < 1.29 is 14.4 Å². The number of imidazole rings is 1. The van der Waals surface area contributed by atoms with Crippen molar-refractivity contribution in [3.63, 3.8) is 0 Å². The number of fused-ring (bicyclic) bond motifs is 1. The molecule has 10 heteroatoms. The highest BCUT2D eigenvalue weighted by Crippen LogP contribution is 2.14.